The topological polar surface area (TPSA) is 56.7 Å². The third-order valence-corrected chi connectivity index (χ3v) is 15.2. The first-order valence-electron chi connectivity index (χ1n) is 20.2. The normalized spacial score (nSPS) is 11.6. The van der Waals surface area contributed by atoms with E-state index < -0.39 is 13.3 Å². The molecule has 9 aromatic rings. The van der Waals surface area contributed by atoms with E-state index in [9.17, 15) is 0 Å². The van der Waals surface area contributed by atoms with Gasteiger partial charge in [0.1, 0.15) is 5.58 Å². The summed E-state index contributed by atoms with van der Waals surface area (Å²) in [5.41, 5.74) is 14.8. The van der Waals surface area contributed by atoms with Gasteiger partial charge in [0.15, 0.2) is 0 Å². The van der Waals surface area contributed by atoms with E-state index in [1.807, 2.05) is 43.6 Å². The van der Waals surface area contributed by atoms with Gasteiger partial charge in [0.05, 0.1) is 28.6 Å². The number of furan rings is 1. The van der Waals surface area contributed by atoms with E-state index in [0.29, 0.717) is 0 Å². The second-order valence-corrected chi connectivity index (χ2v) is 27.5. The van der Waals surface area contributed by atoms with Crippen molar-refractivity contribution in [3.63, 3.8) is 0 Å². The van der Waals surface area contributed by atoms with E-state index in [4.69, 9.17) is 9.40 Å². The van der Waals surface area contributed by atoms with Gasteiger partial charge >= 0.3 is 99.8 Å². The first kappa shape index (κ1) is 42.0. The molecule has 299 valence electrons. The van der Waals surface area contributed by atoms with Crippen LogP contribution in [0.5, 0.6) is 0 Å². The summed E-state index contributed by atoms with van der Waals surface area (Å²) >= 11 is -1.72. The van der Waals surface area contributed by atoms with Gasteiger partial charge in [0, 0.05) is 36.9 Å². The smallest absolute Gasteiger partial charge is 0 e. The maximum absolute atomic E-state index is 6.55. The minimum atomic E-state index is -1.72. The molecule has 0 aliphatic carbocycles. The summed E-state index contributed by atoms with van der Waals surface area (Å²) in [5, 5.41) is 2.17. The van der Waals surface area contributed by atoms with Crippen LogP contribution in [0.25, 0.3) is 72.4 Å². The molecule has 5 nitrogen and oxygen atoms in total. The predicted octanol–water partition coefficient (Wildman–Crippen LogP) is 13.4. The zero-order valence-electron chi connectivity index (χ0n) is 35.3. The van der Waals surface area contributed by atoms with E-state index in [2.05, 4.69) is 170 Å². The number of hydrogen-bond acceptors (Lipinski definition) is 4. The van der Waals surface area contributed by atoms with Crippen molar-refractivity contribution in [2.75, 3.05) is 0 Å². The van der Waals surface area contributed by atoms with Gasteiger partial charge in [0.25, 0.3) is 0 Å². The van der Waals surface area contributed by atoms with Gasteiger partial charge in [-0.25, -0.2) is 0 Å². The first-order valence-corrected chi connectivity index (χ1v) is 27.6. The summed E-state index contributed by atoms with van der Waals surface area (Å²) in [7, 11) is 0. The molecule has 0 aliphatic heterocycles. The third-order valence-electron chi connectivity index (χ3n) is 10.9. The number of benzene rings is 5. The summed E-state index contributed by atoms with van der Waals surface area (Å²) in [6.07, 6.45) is 3.86. The van der Waals surface area contributed by atoms with Crippen LogP contribution < -0.4 is 4.40 Å². The number of aryl methyl sites for hydroxylation is 2. The minimum Gasteiger partial charge on any atom is 0 e. The molecule has 0 unspecified atom stereocenters. The molecule has 0 fully saturated rings. The maximum atomic E-state index is 6.55. The molecule has 59 heavy (non-hydrogen) atoms. The van der Waals surface area contributed by atoms with Gasteiger partial charge in [-0.2, -0.15) is 0 Å². The molecule has 4 heterocycles. The average Bonchev–Trinajstić information content (AvgIpc) is 3.80. The molecule has 0 saturated heterocycles. The molecule has 5 aromatic carbocycles. The zero-order valence-corrected chi connectivity index (χ0v) is 39.8. The minimum absolute atomic E-state index is 0. The summed E-state index contributed by atoms with van der Waals surface area (Å²) < 4.78 is 10.3. The number of aromatic nitrogens is 4. The Kier molecular flexibility index (Phi) is 12.3. The van der Waals surface area contributed by atoms with Crippen LogP contribution in [0.15, 0.2) is 132 Å². The summed E-state index contributed by atoms with van der Waals surface area (Å²) in [4.78, 5) is 14.3. The molecule has 0 amide bonds. The zero-order chi connectivity index (χ0) is 40.7. The molecule has 0 atom stereocenters. The number of nitrogens with zero attached hydrogens (tertiary/aromatic N) is 4. The fourth-order valence-electron chi connectivity index (χ4n) is 7.74. The maximum Gasteiger partial charge on any atom is 0 e. The number of imidazole rings is 1. The standard InChI is InChI=1S/C38H34N3O.C14H16GeN.Ir/c1-22(2)29-19-27(26-12-8-7-9-13-26)20-30(23(3)4)36(29)41-33-15-11-10-14-32(33)40-38(41)28-17-16-24(5)35-31-18-25(6)39-21-34(31)42-37(28)35;1-15(2,3)13-9-10-14(16-11-13)12-7-5-4-6-8-12;/h7-16,18-23H,1-6H3;4-7,9-11H,1-3H3;/q2*-1;. The van der Waals surface area contributed by atoms with Crippen molar-refractivity contribution in [2.24, 2.45) is 0 Å². The number of fused-ring (bicyclic) bond motifs is 4. The van der Waals surface area contributed by atoms with Crippen molar-refractivity contribution in [1.29, 1.82) is 0 Å². The summed E-state index contributed by atoms with van der Waals surface area (Å²) in [6.45, 7) is 13.3. The molecule has 1 radical (unpaired) electrons. The number of para-hydroxylation sites is 2. The van der Waals surface area contributed by atoms with Crippen molar-refractivity contribution in [3.8, 4) is 39.5 Å². The van der Waals surface area contributed by atoms with Gasteiger partial charge in [-0.15, -0.1) is 17.7 Å². The van der Waals surface area contributed by atoms with Gasteiger partial charge in [0.2, 0.25) is 0 Å². The van der Waals surface area contributed by atoms with Gasteiger partial charge in [-0.3, -0.25) is 9.97 Å². The molecule has 0 saturated carbocycles. The predicted molar refractivity (Wildman–Crippen MR) is 245 cm³/mol. The monoisotopic (exact) mass is 1010 g/mol. The molecule has 9 rings (SSSR count). The Morgan fingerprint density at radius 2 is 1.41 bits per heavy atom. The third kappa shape index (κ3) is 8.36. The Labute approximate surface area is 364 Å². The van der Waals surface area contributed by atoms with E-state index in [0.717, 1.165) is 66.9 Å². The Balaban J connectivity index is 0.000000262. The van der Waals surface area contributed by atoms with Crippen LogP contribution in [-0.2, 0) is 20.1 Å². The Bertz CT molecular complexity index is 2860. The van der Waals surface area contributed by atoms with Crippen LogP contribution in [0.4, 0.5) is 0 Å². The molecule has 7 heteroatoms. The Morgan fingerprint density at radius 1 is 0.712 bits per heavy atom. The van der Waals surface area contributed by atoms with Crippen LogP contribution in [0, 0.1) is 26.0 Å². The van der Waals surface area contributed by atoms with E-state index in [1.165, 1.54) is 32.3 Å². The second-order valence-electron chi connectivity index (χ2n) is 16.9. The summed E-state index contributed by atoms with van der Waals surface area (Å²) in [6, 6.07) is 47.1. The van der Waals surface area contributed by atoms with Crippen LogP contribution in [0.1, 0.15) is 61.9 Å². The summed E-state index contributed by atoms with van der Waals surface area (Å²) in [5.74, 6) is 8.55. The molecule has 4 aromatic heterocycles. The Hall–Kier alpha value is -5.14. The van der Waals surface area contributed by atoms with E-state index in [1.54, 1.807) is 0 Å². The van der Waals surface area contributed by atoms with Crippen molar-refractivity contribution in [1.82, 2.24) is 19.5 Å². The fraction of sp³-hybridized carbons (Fsp3) is 0.212. The van der Waals surface area contributed by atoms with E-state index >= 15 is 0 Å². The van der Waals surface area contributed by atoms with Gasteiger partial charge in [-0.1, -0.05) is 88.0 Å². The van der Waals surface area contributed by atoms with Gasteiger partial charge in [-0.05, 0) is 71.3 Å². The van der Waals surface area contributed by atoms with E-state index in [-0.39, 0.29) is 31.9 Å². The van der Waals surface area contributed by atoms with Crippen molar-refractivity contribution in [3.05, 3.63) is 162 Å². The van der Waals surface area contributed by atoms with Crippen molar-refractivity contribution in [2.45, 2.75) is 70.6 Å². The molecule has 0 bridgehead atoms. The Morgan fingerprint density at radius 3 is 2.05 bits per heavy atom. The second kappa shape index (κ2) is 17.2. The molecule has 0 N–H and O–H groups in total. The van der Waals surface area contributed by atoms with Crippen LogP contribution in [0.2, 0.25) is 17.3 Å². The number of hydrogen-bond donors (Lipinski definition) is 0. The van der Waals surface area contributed by atoms with Crippen LogP contribution in [-0.4, -0.2) is 32.8 Å². The fourth-order valence-corrected chi connectivity index (χ4v) is 9.92. The van der Waals surface area contributed by atoms with Crippen LogP contribution in [0.3, 0.4) is 0 Å². The van der Waals surface area contributed by atoms with Crippen molar-refractivity contribution >= 4 is 50.6 Å². The first-order chi connectivity index (χ1) is 27.9. The quantitative estimate of drug-likeness (QED) is 0.118. The largest absolute Gasteiger partial charge is 0 e. The SMILES string of the molecule is Cc1cc2c(cn1)oc1c(-c3nc4ccccc4n3-c3c(C(C)C)cc(-c4ccccc4)cc3C(C)C)[c-]cc(C)c12.[CH3][Ge]([CH3])([CH3])[c]1ccc(-c2[c-]cccc2)nc1.[Ir]. The molecule has 0 spiro atoms. The molecular weight excluding hydrogens is 961 g/mol. The van der Waals surface area contributed by atoms with Gasteiger partial charge < -0.3 is 8.98 Å². The number of rotatable bonds is 7. The average molecular weight is 1010 g/mol. The van der Waals surface area contributed by atoms with Crippen molar-refractivity contribution < 1.29 is 24.5 Å². The number of pyridine rings is 2. The molecule has 0 aliphatic rings. The van der Waals surface area contributed by atoms with Crippen LogP contribution >= 0.6 is 0 Å². The molecular formula is C52H50GeIrN4O-2.